The summed E-state index contributed by atoms with van der Waals surface area (Å²) < 4.78 is 70.9. The third-order valence-electron chi connectivity index (χ3n) is 5.59. The van der Waals surface area contributed by atoms with Crippen molar-refractivity contribution in [3.05, 3.63) is 57.9 Å². The molecule has 0 atom stereocenters. The molecule has 3 N–H and O–H groups in total. The van der Waals surface area contributed by atoms with Gasteiger partial charge in [-0.05, 0) is 79.1 Å². The lowest BCUT2D eigenvalue weighted by molar-refractivity contribution is -0.118. The van der Waals surface area contributed by atoms with E-state index in [-0.39, 0.29) is 27.5 Å². The molecule has 0 fully saturated rings. The van der Waals surface area contributed by atoms with Crippen LogP contribution in [0.4, 0.5) is 4.39 Å². The molecule has 1 amide bonds. The second-order valence-electron chi connectivity index (χ2n) is 10.6. The van der Waals surface area contributed by atoms with E-state index in [1.54, 1.807) is 34.6 Å². The van der Waals surface area contributed by atoms with E-state index in [0.717, 1.165) is 18.2 Å². The van der Waals surface area contributed by atoms with Crippen LogP contribution < -0.4 is 9.44 Å². The van der Waals surface area contributed by atoms with Crippen molar-refractivity contribution >= 4 is 26.0 Å². The van der Waals surface area contributed by atoms with Gasteiger partial charge in [-0.3, -0.25) is 4.79 Å². The van der Waals surface area contributed by atoms with Crippen LogP contribution in [0.25, 0.3) is 0 Å². The maximum Gasteiger partial charge on any atom is 0.264 e. The topological polar surface area (TPSA) is 153 Å². The summed E-state index contributed by atoms with van der Waals surface area (Å²) in [5, 5.41) is 19.1. The van der Waals surface area contributed by atoms with Gasteiger partial charge < -0.3 is 5.11 Å². The number of rotatable bonds is 9. The van der Waals surface area contributed by atoms with Crippen molar-refractivity contribution in [2.24, 2.45) is 0 Å². The van der Waals surface area contributed by atoms with Crippen LogP contribution in [0.2, 0.25) is 0 Å². The highest BCUT2D eigenvalue weighted by atomic mass is 32.2. The molecule has 2 aromatic rings. The van der Waals surface area contributed by atoms with E-state index in [1.165, 1.54) is 6.07 Å². The van der Waals surface area contributed by atoms with Crippen molar-refractivity contribution in [1.29, 1.82) is 5.26 Å². The monoisotopic (exact) mass is 567 g/mol. The Bertz CT molecular complexity index is 1490. The average Bonchev–Trinajstić information content (AvgIpc) is 2.76. The van der Waals surface area contributed by atoms with Crippen LogP contribution in [0.5, 0.6) is 0 Å². The first-order chi connectivity index (χ1) is 17.3. The molecule has 0 spiro atoms. The molecule has 0 bridgehead atoms. The van der Waals surface area contributed by atoms with Gasteiger partial charge in [-0.1, -0.05) is 27.7 Å². The third-order valence-corrected chi connectivity index (χ3v) is 8.82. The maximum absolute atomic E-state index is 15.1. The molecule has 9 nitrogen and oxygen atoms in total. The largest absolute Gasteiger partial charge is 0.392 e. The lowest BCUT2D eigenvalue weighted by Gasteiger charge is -2.22. The van der Waals surface area contributed by atoms with Crippen molar-refractivity contribution in [2.75, 3.05) is 0 Å². The lowest BCUT2D eigenvalue weighted by atomic mass is 9.85. The molecule has 0 aliphatic carbocycles. The highest BCUT2D eigenvalue weighted by Crippen LogP contribution is 2.33. The van der Waals surface area contributed by atoms with E-state index < -0.39 is 61.2 Å². The number of carbonyl (C=O) groups is 1. The quantitative estimate of drug-likeness (QED) is 0.419. The molecular formula is C26H34FN3O6S2. The lowest BCUT2D eigenvalue weighted by Crippen LogP contribution is -2.40. The molecule has 0 saturated carbocycles. The van der Waals surface area contributed by atoms with Crippen LogP contribution >= 0.6 is 0 Å². The normalized spacial score (nSPS) is 12.6. The number of benzene rings is 2. The summed E-state index contributed by atoms with van der Waals surface area (Å²) in [5.74, 6) is -2.28. The SMILES string of the molecule is CC(C)c1cc(C#N)c(F)c(C(C)C)c1CC(=O)NS(=O)(=O)c1ccc(S(=O)(=O)NC(C)(C)C)cc1CO. The van der Waals surface area contributed by atoms with Crippen molar-refractivity contribution in [2.45, 2.75) is 88.7 Å². The van der Waals surface area contributed by atoms with Gasteiger partial charge in [-0.2, -0.15) is 5.26 Å². The first-order valence-corrected chi connectivity index (χ1v) is 14.9. The number of aliphatic hydroxyl groups is 1. The minimum Gasteiger partial charge on any atom is -0.392 e. The van der Waals surface area contributed by atoms with Crippen LogP contribution in [0.15, 0.2) is 34.1 Å². The summed E-state index contributed by atoms with van der Waals surface area (Å²) in [4.78, 5) is 12.2. The Kier molecular flexibility index (Phi) is 9.48. The van der Waals surface area contributed by atoms with Gasteiger partial charge in [0.25, 0.3) is 10.0 Å². The molecule has 208 valence electrons. The van der Waals surface area contributed by atoms with Gasteiger partial charge in [0.1, 0.15) is 11.9 Å². The molecule has 0 aliphatic rings. The van der Waals surface area contributed by atoms with E-state index in [0.29, 0.717) is 11.1 Å². The predicted octanol–water partition coefficient (Wildman–Crippen LogP) is 3.56. The molecule has 12 heteroatoms. The third kappa shape index (κ3) is 7.17. The van der Waals surface area contributed by atoms with E-state index in [1.807, 2.05) is 24.6 Å². The summed E-state index contributed by atoms with van der Waals surface area (Å²) in [7, 11) is -8.54. The van der Waals surface area contributed by atoms with Crippen LogP contribution in [0.1, 0.15) is 88.1 Å². The van der Waals surface area contributed by atoms with Crippen molar-refractivity contribution in [3.63, 3.8) is 0 Å². The molecule has 0 saturated heterocycles. The predicted molar refractivity (Wildman–Crippen MR) is 141 cm³/mol. The number of hydrogen-bond donors (Lipinski definition) is 3. The highest BCUT2D eigenvalue weighted by Gasteiger charge is 2.28. The Balaban J connectivity index is 2.48. The fourth-order valence-electron chi connectivity index (χ4n) is 4.11. The van der Waals surface area contributed by atoms with Gasteiger partial charge in [0.15, 0.2) is 0 Å². The molecule has 0 heterocycles. The average molecular weight is 568 g/mol. The standard InChI is InChI=1S/C26H34FN3O6S2/c1-15(2)20-11-17(13-28)25(27)24(16(3)4)21(20)12-23(32)29-38(35,36)22-9-8-19(10-18(22)14-31)37(33,34)30-26(5,6)7/h8-11,15-16,30-31H,12,14H2,1-7H3,(H,29,32). The number of amides is 1. The van der Waals surface area contributed by atoms with Gasteiger partial charge in [-0.15, -0.1) is 0 Å². The molecule has 0 radical (unpaired) electrons. The maximum atomic E-state index is 15.1. The second kappa shape index (κ2) is 11.5. The molecular weight excluding hydrogens is 533 g/mol. The Morgan fingerprint density at radius 3 is 2.13 bits per heavy atom. The zero-order chi connectivity index (χ0) is 29.2. The van der Waals surface area contributed by atoms with Crippen LogP contribution in [-0.2, 0) is 37.9 Å². The summed E-state index contributed by atoms with van der Waals surface area (Å²) in [6.07, 6.45) is -0.473. The van der Waals surface area contributed by atoms with E-state index in [9.17, 15) is 32.0 Å². The fraction of sp³-hybridized carbons (Fsp3) is 0.462. The minimum absolute atomic E-state index is 0.155. The second-order valence-corrected chi connectivity index (χ2v) is 14.0. The van der Waals surface area contributed by atoms with E-state index >= 15 is 4.39 Å². The summed E-state index contributed by atoms with van der Waals surface area (Å²) >= 11 is 0. The van der Waals surface area contributed by atoms with Crippen molar-refractivity contribution in [3.8, 4) is 6.07 Å². The Morgan fingerprint density at radius 2 is 1.66 bits per heavy atom. The van der Waals surface area contributed by atoms with Gasteiger partial charge in [0, 0.05) is 5.54 Å². The minimum atomic E-state index is -4.53. The first-order valence-electron chi connectivity index (χ1n) is 11.9. The molecule has 0 aliphatic heterocycles. The van der Waals surface area contributed by atoms with Gasteiger partial charge in [0.05, 0.1) is 28.4 Å². The number of carbonyl (C=O) groups excluding carboxylic acids is 1. The van der Waals surface area contributed by atoms with Gasteiger partial charge in [-0.25, -0.2) is 30.7 Å². The fourth-order valence-corrected chi connectivity index (χ4v) is 6.77. The first kappa shape index (κ1) is 31.4. The highest BCUT2D eigenvalue weighted by molar-refractivity contribution is 7.90. The van der Waals surface area contributed by atoms with E-state index in [4.69, 9.17) is 0 Å². The van der Waals surface area contributed by atoms with Gasteiger partial charge in [0.2, 0.25) is 15.9 Å². The van der Waals surface area contributed by atoms with Crippen LogP contribution in [-0.4, -0.2) is 33.4 Å². The van der Waals surface area contributed by atoms with E-state index in [2.05, 4.69) is 4.72 Å². The number of nitrogens with one attached hydrogen (secondary N) is 2. The number of halogens is 1. The van der Waals surface area contributed by atoms with Crippen LogP contribution in [0, 0.1) is 17.1 Å². The number of nitrogens with zero attached hydrogens (tertiary/aromatic N) is 1. The number of aliphatic hydroxyl groups excluding tert-OH is 1. The molecule has 2 rings (SSSR count). The molecule has 2 aromatic carbocycles. The van der Waals surface area contributed by atoms with Crippen molar-refractivity contribution < 1.29 is 31.1 Å². The summed E-state index contributed by atoms with van der Waals surface area (Å²) in [6, 6.07) is 6.29. The Hall–Kier alpha value is -2.85. The number of sulfonamides is 2. The Labute approximate surface area is 224 Å². The van der Waals surface area contributed by atoms with Crippen molar-refractivity contribution in [1.82, 2.24) is 9.44 Å². The zero-order valence-corrected chi connectivity index (χ0v) is 24.1. The van der Waals surface area contributed by atoms with Gasteiger partial charge >= 0.3 is 0 Å². The molecule has 0 aromatic heterocycles. The molecule has 0 unspecified atom stereocenters. The zero-order valence-electron chi connectivity index (χ0n) is 22.5. The summed E-state index contributed by atoms with van der Waals surface area (Å²) in [5.41, 5.74) is -0.161. The van der Waals surface area contributed by atoms with Crippen LogP contribution in [0.3, 0.4) is 0 Å². The number of nitriles is 1. The summed E-state index contributed by atoms with van der Waals surface area (Å²) in [6.45, 7) is 11.2. The molecule has 38 heavy (non-hydrogen) atoms. The number of hydrogen-bond acceptors (Lipinski definition) is 7. The smallest absolute Gasteiger partial charge is 0.264 e. The Morgan fingerprint density at radius 1 is 1.05 bits per heavy atom.